The van der Waals surface area contributed by atoms with E-state index in [1.165, 1.54) is 7.05 Å². The second-order valence-corrected chi connectivity index (χ2v) is 5.62. The van der Waals surface area contributed by atoms with Crippen LogP contribution in [-0.4, -0.2) is 55.0 Å². The molecule has 2 rings (SSSR count). The fraction of sp³-hybridized carbons (Fsp3) is 0.714. The van der Waals surface area contributed by atoms with E-state index >= 15 is 0 Å². The van der Waals surface area contributed by atoms with Gasteiger partial charge in [0.1, 0.15) is 0 Å². The van der Waals surface area contributed by atoms with Gasteiger partial charge in [-0.1, -0.05) is 12.8 Å². The summed E-state index contributed by atoms with van der Waals surface area (Å²) in [6.07, 6.45) is 4.34. The van der Waals surface area contributed by atoms with Crippen LogP contribution in [0.15, 0.2) is 0 Å². The van der Waals surface area contributed by atoms with Gasteiger partial charge in [-0.2, -0.15) is 0 Å². The minimum atomic E-state index is -0.704. The summed E-state index contributed by atoms with van der Waals surface area (Å²) in [5.41, 5.74) is 0. The van der Waals surface area contributed by atoms with Crippen molar-refractivity contribution in [3.63, 3.8) is 0 Å². The lowest BCUT2D eigenvalue weighted by Crippen LogP contribution is -2.40. The number of carbonyl (C=O) groups is 4. The lowest BCUT2D eigenvalue weighted by atomic mass is 10.1. The number of imide groups is 1. The molecule has 4 amide bonds. The van der Waals surface area contributed by atoms with E-state index in [4.69, 9.17) is 4.74 Å². The number of amides is 4. The van der Waals surface area contributed by atoms with Crippen LogP contribution in [0.1, 0.15) is 32.1 Å². The summed E-state index contributed by atoms with van der Waals surface area (Å²) >= 11 is 0. The largest absolute Gasteiger partial charge is 0.455 e. The number of nitrogens with zero attached hydrogens (tertiary/aromatic N) is 1. The van der Waals surface area contributed by atoms with Crippen LogP contribution in [0, 0.1) is 5.92 Å². The monoisotopic (exact) mass is 311 g/mol. The standard InChI is InChI=1S/C14H21N3O5/c1-15-14(21)16-11(18)8-22-13(20)9-6-12(19)17(7-9)10-4-2-3-5-10/h9-10H,2-8H2,1H3,(H2,15,16,18,21)/t9-/m1/s1. The highest BCUT2D eigenvalue weighted by Crippen LogP contribution is 2.29. The summed E-state index contributed by atoms with van der Waals surface area (Å²) in [4.78, 5) is 47.9. The fourth-order valence-electron chi connectivity index (χ4n) is 2.94. The molecule has 1 aliphatic carbocycles. The first-order valence-corrected chi connectivity index (χ1v) is 7.49. The second kappa shape index (κ2) is 7.24. The average molecular weight is 311 g/mol. The van der Waals surface area contributed by atoms with Crippen molar-refractivity contribution in [1.82, 2.24) is 15.5 Å². The van der Waals surface area contributed by atoms with Gasteiger partial charge in [-0.3, -0.25) is 19.7 Å². The third kappa shape index (κ3) is 3.96. The maximum absolute atomic E-state index is 12.0. The van der Waals surface area contributed by atoms with Crippen molar-refractivity contribution in [3.8, 4) is 0 Å². The van der Waals surface area contributed by atoms with E-state index in [0.29, 0.717) is 6.54 Å². The number of carbonyl (C=O) groups excluding carboxylic acids is 4. The molecule has 8 heteroatoms. The van der Waals surface area contributed by atoms with Gasteiger partial charge in [-0.25, -0.2) is 4.79 Å². The Labute approximate surface area is 128 Å². The number of hydrogen-bond donors (Lipinski definition) is 2. The van der Waals surface area contributed by atoms with Crippen molar-refractivity contribution in [2.24, 2.45) is 5.92 Å². The Hall–Kier alpha value is -2.12. The van der Waals surface area contributed by atoms with Crippen LogP contribution in [0.4, 0.5) is 4.79 Å². The van der Waals surface area contributed by atoms with Gasteiger partial charge in [0.2, 0.25) is 5.91 Å². The van der Waals surface area contributed by atoms with E-state index in [-0.39, 0.29) is 18.4 Å². The Bertz CT molecular complexity index is 473. The van der Waals surface area contributed by atoms with E-state index in [9.17, 15) is 19.2 Å². The fourth-order valence-corrected chi connectivity index (χ4v) is 2.94. The van der Waals surface area contributed by atoms with Gasteiger partial charge >= 0.3 is 12.0 Å². The van der Waals surface area contributed by atoms with Crippen molar-refractivity contribution in [2.75, 3.05) is 20.2 Å². The number of rotatable bonds is 4. The van der Waals surface area contributed by atoms with Crippen LogP contribution in [0.2, 0.25) is 0 Å². The lowest BCUT2D eigenvalue weighted by molar-refractivity contribution is -0.152. The normalized spacial score (nSPS) is 21.8. The van der Waals surface area contributed by atoms with Gasteiger partial charge in [-0.05, 0) is 12.8 Å². The van der Waals surface area contributed by atoms with E-state index in [0.717, 1.165) is 25.7 Å². The number of esters is 1. The summed E-state index contributed by atoms with van der Waals surface area (Å²) in [7, 11) is 1.37. The van der Waals surface area contributed by atoms with Crippen molar-refractivity contribution in [2.45, 2.75) is 38.1 Å². The highest BCUT2D eigenvalue weighted by molar-refractivity contribution is 5.95. The quantitative estimate of drug-likeness (QED) is 0.698. The molecule has 0 bridgehead atoms. The molecule has 1 saturated heterocycles. The maximum atomic E-state index is 12.0. The smallest absolute Gasteiger partial charge is 0.321 e. The highest BCUT2D eigenvalue weighted by Gasteiger charge is 2.39. The molecule has 1 saturated carbocycles. The average Bonchev–Trinajstić information content (AvgIpc) is 3.13. The molecule has 2 N–H and O–H groups in total. The predicted octanol–water partition coefficient (Wildman–Crippen LogP) is -0.224. The van der Waals surface area contributed by atoms with Crippen LogP contribution in [-0.2, 0) is 19.1 Å². The molecule has 1 atom stereocenters. The molecule has 22 heavy (non-hydrogen) atoms. The van der Waals surface area contributed by atoms with Crippen LogP contribution in [0.3, 0.4) is 0 Å². The Kier molecular flexibility index (Phi) is 5.35. The highest BCUT2D eigenvalue weighted by atomic mass is 16.5. The first-order chi connectivity index (χ1) is 10.5. The summed E-state index contributed by atoms with van der Waals surface area (Å²) in [5.74, 6) is -1.82. The Morgan fingerprint density at radius 3 is 2.59 bits per heavy atom. The maximum Gasteiger partial charge on any atom is 0.321 e. The zero-order valence-corrected chi connectivity index (χ0v) is 12.6. The van der Waals surface area contributed by atoms with E-state index < -0.39 is 30.4 Å². The van der Waals surface area contributed by atoms with Gasteiger partial charge in [0.05, 0.1) is 5.92 Å². The minimum absolute atomic E-state index is 0.0244. The van der Waals surface area contributed by atoms with Crippen LogP contribution < -0.4 is 10.6 Å². The number of likely N-dealkylation sites (tertiary alicyclic amines) is 1. The molecule has 2 fully saturated rings. The molecule has 0 unspecified atom stereocenters. The van der Waals surface area contributed by atoms with Gasteiger partial charge in [-0.15, -0.1) is 0 Å². The summed E-state index contributed by atoms with van der Waals surface area (Å²) < 4.78 is 4.88. The molecule has 2 aliphatic rings. The van der Waals surface area contributed by atoms with E-state index in [1.807, 2.05) is 5.32 Å². The van der Waals surface area contributed by atoms with Crippen LogP contribution in [0.25, 0.3) is 0 Å². The Morgan fingerprint density at radius 2 is 1.95 bits per heavy atom. The summed E-state index contributed by atoms with van der Waals surface area (Å²) in [6.45, 7) is -0.167. The molecule has 1 heterocycles. The first-order valence-electron chi connectivity index (χ1n) is 7.49. The van der Waals surface area contributed by atoms with Crippen molar-refractivity contribution in [3.05, 3.63) is 0 Å². The predicted molar refractivity (Wildman–Crippen MR) is 75.6 cm³/mol. The molecule has 0 spiro atoms. The van der Waals surface area contributed by atoms with Crippen molar-refractivity contribution >= 4 is 23.8 Å². The molecule has 8 nitrogen and oxygen atoms in total. The number of hydrogen-bond acceptors (Lipinski definition) is 5. The van der Waals surface area contributed by atoms with Gasteiger partial charge in [0.15, 0.2) is 6.61 Å². The van der Waals surface area contributed by atoms with E-state index in [1.54, 1.807) is 4.90 Å². The summed E-state index contributed by atoms with van der Waals surface area (Å²) in [6, 6.07) is -0.425. The van der Waals surface area contributed by atoms with Crippen LogP contribution in [0.5, 0.6) is 0 Å². The third-order valence-electron chi connectivity index (χ3n) is 4.08. The molecule has 0 radical (unpaired) electrons. The van der Waals surface area contributed by atoms with Crippen LogP contribution >= 0.6 is 0 Å². The first kappa shape index (κ1) is 16.3. The molecule has 0 aromatic carbocycles. The zero-order valence-electron chi connectivity index (χ0n) is 12.6. The van der Waals surface area contributed by atoms with Crippen molar-refractivity contribution in [1.29, 1.82) is 0 Å². The molecule has 0 aromatic rings. The Balaban J connectivity index is 1.77. The number of nitrogens with one attached hydrogen (secondary N) is 2. The molecule has 122 valence electrons. The van der Waals surface area contributed by atoms with E-state index in [2.05, 4.69) is 5.32 Å². The SMILES string of the molecule is CNC(=O)NC(=O)COC(=O)[C@@H]1CC(=O)N(C2CCCC2)C1. The van der Waals surface area contributed by atoms with Gasteiger partial charge in [0, 0.05) is 26.1 Å². The minimum Gasteiger partial charge on any atom is -0.455 e. The number of ether oxygens (including phenoxy) is 1. The molecular formula is C14H21N3O5. The van der Waals surface area contributed by atoms with Crippen molar-refractivity contribution < 1.29 is 23.9 Å². The lowest BCUT2D eigenvalue weighted by Gasteiger charge is -2.23. The Morgan fingerprint density at radius 1 is 1.27 bits per heavy atom. The second-order valence-electron chi connectivity index (χ2n) is 5.62. The molecule has 1 aliphatic heterocycles. The zero-order chi connectivity index (χ0) is 16.1. The topological polar surface area (TPSA) is 105 Å². The van der Waals surface area contributed by atoms with Gasteiger partial charge < -0.3 is 15.0 Å². The third-order valence-corrected chi connectivity index (χ3v) is 4.08. The van der Waals surface area contributed by atoms with Gasteiger partial charge in [0.25, 0.3) is 5.91 Å². The molecule has 0 aromatic heterocycles. The summed E-state index contributed by atoms with van der Waals surface area (Å²) in [5, 5.41) is 4.21. The molecular weight excluding hydrogens is 290 g/mol. The number of urea groups is 1.